The van der Waals surface area contributed by atoms with Crippen LogP contribution in [0, 0.1) is 0 Å². The number of alkyl halides is 3. The minimum absolute atomic E-state index is 0.218. The molecule has 1 saturated heterocycles. The number of anilines is 1. The fraction of sp³-hybridized carbons (Fsp3) is 0.316. The Kier molecular flexibility index (Phi) is 5.20. The van der Waals surface area contributed by atoms with Gasteiger partial charge < -0.3 is 14.8 Å². The molecule has 152 valence electrons. The van der Waals surface area contributed by atoms with Crippen molar-refractivity contribution >= 4 is 38.8 Å². The number of rotatable bonds is 2. The van der Waals surface area contributed by atoms with Crippen molar-refractivity contribution in [1.82, 2.24) is 19.4 Å². The molecule has 2 amide bonds. The fourth-order valence-corrected chi connectivity index (χ4v) is 3.80. The van der Waals surface area contributed by atoms with Gasteiger partial charge in [0.2, 0.25) is 5.82 Å². The van der Waals surface area contributed by atoms with Gasteiger partial charge in [0.15, 0.2) is 5.65 Å². The van der Waals surface area contributed by atoms with Crippen LogP contribution in [0.5, 0.6) is 0 Å². The van der Waals surface area contributed by atoms with E-state index < -0.39 is 18.0 Å². The number of halogens is 4. The summed E-state index contributed by atoms with van der Waals surface area (Å²) in [6, 6.07) is 9.57. The summed E-state index contributed by atoms with van der Waals surface area (Å²) in [5.41, 5.74) is 1.09. The molecule has 0 spiro atoms. The number of nitrogens with one attached hydrogen (secondary N) is 1. The predicted molar refractivity (Wildman–Crippen MR) is 106 cm³/mol. The maximum atomic E-state index is 13.5. The topological polar surface area (TPSA) is 63.1 Å². The summed E-state index contributed by atoms with van der Waals surface area (Å²) >= 11 is 3.33. The summed E-state index contributed by atoms with van der Waals surface area (Å²) in [6.07, 6.45) is -2.34. The van der Waals surface area contributed by atoms with E-state index in [4.69, 9.17) is 0 Å². The molecule has 0 unspecified atom stereocenters. The molecule has 4 rings (SSSR count). The quantitative estimate of drug-likeness (QED) is 0.571. The predicted octanol–water partition coefficient (Wildman–Crippen LogP) is 5.08. The van der Waals surface area contributed by atoms with Crippen LogP contribution >= 0.6 is 15.9 Å². The molecule has 10 heteroatoms. The van der Waals surface area contributed by atoms with Crippen molar-refractivity contribution in [2.24, 2.45) is 0 Å². The Labute approximate surface area is 172 Å². The molecule has 2 aromatic heterocycles. The molecule has 1 aromatic carbocycles. The van der Waals surface area contributed by atoms with E-state index in [1.54, 1.807) is 23.1 Å². The third-order valence-electron chi connectivity index (χ3n) is 4.91. The first kappa shape index (κ1) is 19.7. The molecule has 1 N–H and O–H groups in total. The zero-order valence-electron chi connectivity index (χ0n) is 15.2. The van der Waals surface area contributed by atoms with Crippen LogP contribution in [0.3, 0.4) is 0 Å². The fourth-order valence-electron chi connectivity index (χ4n) is 3.54. The lowest BCUT2D eigenvalue weighted by atomic mass is 10.0. The van der Waals surface area contributed by atoms with Crippen molar-refractivity contribution in [3.8, 4) is 0 Å². The van der Waals surface area contributed by atoms with E-state index in [-0.39, 0.29) is 17.2 Å². The van der Waals surface area contributed by atoms with Crippen LogP contribution in [0.2, 0.25) is 0 Å². The molecule has 0 aliphatic carbocycles. The smallest absolute Gasteiger partial charge is 0.324 e. The molecule has 1 aliphatic heterocycles. The summed E-state index contributed by atoms with van der Waals surface area (Å²) < 4.78 is 42.7. The van der Waals surface area contributed by atoms with E-state index in [0.717, 1.165) is 4.47 Å². The van der Waals surface area contributed by atoms with Gasteiger partial charge in [-0.25, -0.2) is 14.8 Å². The van der Waals surface area contributed by atoms with Gasteiger partial charge in [-0.2, -0.15) is 13.2 Å². The molecule has 6 nitrogen and oxygen atoms in total. The molecule has 0 atom stereocenters. The number of carbonyl (C=O) groups is 1. The average Bonchev–Trinajstić information content (AvgIpc) is 3.10. The van der Waals surface area contributed by atoms with E-state index >= 15 is 0 Å². The van der Waals surface area contributed by atoms with Crippen LogP contribution < -0.4 is 5.32 Å². The lowest BCUT2D eigenvalue weighted by Gasteiger charge is -2.33. The van der Waals surface area contributed by atoms with Gasteiger partial charge in [0.25, 0.3) is 0 Å². The number of nitrogens with zero attached hydrogens (tertiary/aromatic N) is 4. The minimum Gasteiger partial charge on any atom is -0.324 e. The SMILES string of the molecule is O=C(Nc1ccc(Br)cc1)N1CCC(n2c(C(F)(F)F)nc3cccnc32)CC1. The van der Waals surface area contributed by atoms with E-state index in [1.165, 1.54) is 16.8 Å². The van der Waals surface area contributed by atoms with Gasteiger partial charge in [0.05, 0.1) is 0 Å². The molecule has 3 heterocycles. The van der Waals surface area contributed by atoms with Crippen molar-refractivity contribution in [3.63, 3.8) is 0 Å². The first-order valence-electron chi connectivity index (χ1n) is 9.04. The van der Waals surface area contributed by atoms with Crippen molar-refractivity contribution in [1.29, 1.82) is 0 Å². The Hall–Kier alpha value is -2.62. The highest BCUT2D eigenvalue weighted by atomic mass is 79.9. The lowest BCUT2D eigenvalue weighted by molar-refractivity contribution is -0.147. The van der Waals surface area contributed by atoms with Crippen molar-refractivity contribution < 1.29 is 18.0 Å². The molecular formula is C19H17BrF3N5O. The number of urea groups is 1. The van der Waals surface area contributed by atoms with Gasteiger partial charge >= 0.3 is 12.2 Å². The number of carbonyl (C=O) groups excluding carboxylic acids is 1. The number of benzene rings is 1. The number of hydrogen-bond donors (Lipinski definition) is 1. The molecule has 0 bridgehead atoms. The monoisotopic (exact) mass is 467 g/mol. The zero-order valence-corrected chi connectivity index (χ0v) is 16.7. The molecular weight excluding hydrogens is 451 g/mol. The highest BCUT2D eigenvalue weighted by Gasteiger charge is 2.40. The van der Waals surface area contributed by atoms with Gasteiger partial charge in [0, 0.05) is 35.5 Å². The van der Waals surface area contributed by atoms with Crippen LogP contribution in [-0.4, -0.2) is 38.6 Å². The Balaban J connectivity index is 1.50. The number of hydrogen-bond acceptors (Lipinski definition) is 3. The number of imidazole rings is 1. The van der Waals surface area contributed by atoms with Crippen molar-refractivity contribution in [2.75, 3.05) is 18.4 Å². The summed E-state index contributed by atoms with van der Waals surface area (Å²) in [5.74, 6) is -0.941. The third kappa shape index (κ3) is 4.07. The van der Waals surface area contributed by atoms with Crippen LogP contribution in [0.1, 0.15) is 24.7 Å². The van der Waals surface area contributed by atoms with E-state index in [9.17, 15) is 18.0 Å². The summed E-state index contributed by atoms with van der Waals surface area (Å²) in [4.78, 5) is 22.0. The molecule has 1 fully saturated rings. The first-order valence-corrected chi connectivity index (χ1v) is 9.84. The maximum absolute atomic E-state index is 13.5. The molecule has 1 aliphatic rings. The number of fused-ring (bicyclic) bond motifs is 1. The second kappa shape index (κ2) is 7.66. The highest BCUT2D eigenvalue weighted by Crippen LogP contribution is 2.36. The Morgan fingerprint density at radius 3 is 2.48 bits per heavy atom. The van der Waals surface area contributed by atoms with Gasteiger partial charge in [0.1, 0.15) is 5.52 Å². The number of amides is 2. The van der Waals surface area contributed by atoms with Gasteiger partial charge in [-0.3, -0.25) is 0 Å². The number of aromatic nitrogens is 3. The normalized spacial score (nSPS) is 15.7. The van der Waals surface area contributed by atoms with Gasteiger partial charge in [-0.15, -0.1) is 0 Å². The summed E-state index contributed by atoms with van der Waals surface area (Å²) in [6.45, 7) is 0.688. The van der Waals surface area contributed by atoms with Gasteiger partial charge in [-0.1, -0.05) is 15.9 Å². The average molecular weight is 468 g/mol. The summed E-state index contributed by atoms with van der Waals surface area (Å²) in [7, 11) is 0. The second-order valence-corrected chi connectivity index (χ2v) is 7.72. The molecule has 3 aromatic rings. The number of pyridine rings is 1. The van der Waals surface area contributed by atoms with E-state index in [2.05, 4.69) is 31.2 Å². The third-order valence-corrected chi connectivity index (χ3v) is 5.44. The summed E-state index contributed by atoms with van der Waals surface area (Å²) in [5, 5.41) is 2.81. The van der Waals surface area contributed by atoms with Crippen LogP contribution in [-0.2, 0) is 6.18 Å². The van der Waals surface area contributed by atoms with Crippen LogP contribution in [0.15, 0.2) is 47.1 Å². The Bertz CT molecular complexity index is 1030. The van der Waals surface area contributed by atoms with Crippen molar-refractivity contribution in [3.05, 3.63) is 52.9 Å². The zero-order chi connectivity index (χ0) is 20.6. The largest absolute Gasteiger partial charge is 0.449 e. The highest BCUT2D eigenvalue weighted by molar-refractivity contribution is 9.10. The molecule has 0 radical (unpaired) electrons. The molecule has 0 saturated carbocycles. The van der Waals surface area contributed by atoms with E-state index in [1.807, 2.05) is 12.1 Å². The second-order valence-electron chi connectivity index (χ2n) is 6.80. The number of likely N-dealkylation sites (tertiary alicyclic amines) is 1. The lowest BCUT2D eigenvalue weighted by Crippen LogP contribution is -2.41. The first-order chi connectivity index (χ1) is 13.8. The number of piperidine rings is 1. The molecule has 29 heavy (non-hydrogen) atoms. The Morgan fingerprint density at radius 1 is 1.14 bits per heavy atom. The maximum Gasteiger partial charge on any atom is 0.449 e. The van der Waals surface area contributed by atoms with Crippen LogP contribution in [0.4, 0.5) is 23.7 Å². The Morgan fingerprint density at radius 2 is 1.83 bits per heavy atom. The standard InChI is InChI=1S/C19H17BrF3N5O/c20-12-3-5-13(6-4-12)25-18(29)27-10-7-14(8-11-27)28-16-15(2-1-9-24-16)26-17(28)19(21,22)23/h1-6,9,14H,7-8,10-11H2,(H,25,29). The van der Waals surface area contributed by atoms with Gasteiger partial charge in [-0.05, 0) is 49.2 Å². The van der Waals surface area contributed by atoms with Crippen LogP contribution in [0.25, 0.3) is 11.2 Å². The minimum atomic E-state index is -4.57. The van der Waals surface area contributed by atoms with Crippen molar-refractivity contribution in [2.45, 2.75) is 25.1 Å². The van der Waals surface area contributed by atoms with E-state index in [0.29, 0.717) is 31.6 Å².